The highest BCUT2D eigenvalue weighted by molar-refractivity contribution is 5.96. The van der Waals surface area contributed by atoms with Gasteiger partial charge in [-0.15, -0.1) is 0 Å². The number of carbonyl (C=O) groups is 1. The number of fused-ring (bicyclic) bond motifs is 1. The molecule has 1 aliphatic carbocycles. The van der Waals surface area contributed by atoms with Crippen molar-refractivity contribution < 1.29 is 18.3 Å². The van der Waals surface area contributed by atoms with Gasteiger partial charge in [-0.1, -0.05) is 6.42 Å². The number of alkyl halides is 2. The van der Waals surface area contributed by atoms with E-state index in [2.05, 4.69) is 4.98 Å². The Balaban J connectivity index is 1.79. The zero-order valence-electron chi connectivity index (χ0n) is 12.4. The Hall–Kier alpha value is -1.72. The lowest BCUT2D eigenvalue weighted by Gasteiger charge is -2.38. The predicted molar refractivity (Wildman–Crippen MR) is 77.1 cm³/mol. The third-order valence-corrected chi connectivity index (χ3v) is 4.60. The van der Waals surface area contributed by atoms with E-state index >= 15 is 0 Å². The number of rotatable bonds is 4. The Bertz CT molecular complexity index is 539. The van der Waals surface area contributed by atoms with Crippen LogP contribution in [0.15, 0.2) is 18.3 Å². The molecular weight excluding hydrogens is 290 g/mol. The van der Waals surface area contributed by atoms with E-state index in [9.17, 15) is 13.6 Å². The van der Waals surface area contributed by atoms with Crippen LogP contribution >= 0.6 is 0 Å². The van der Waals surface area contributed by atoms with Gasteiger partial charge < -0.3 is 9.64 Å². The third-order valence-electron chi connectivity index (χ3n) is 4.60. The zero-order valence-corrected chi connectivity index (χ0v) is 12.4. The van der Waals surface area contributed by atoms with E-state index in [4.69, 9.17) is 4.74 Å². The maximum absolute atomic E-state index is 12.8. The van der Waals surface area contributed by atoms with Crippen molar-refractivity contribution in [2.75, 3.05) is 13.2 Å². The lowest BCUT2D eigenvalue weighted by atomic mass is 9.91. The summed E-state index contributed by atoms with van der Waals surface area (Å²) in [4.78, 5) is 18.7. The van der Waals surface area contributed by atoms with Crippen LogP contribution in [0.1, 0.15) is 42.5 Å². The van der Waals surface area contributed by atoms with Crippen LogP contribution in [0.5, 0.6) is 5.88 Å². The van der Waals surface area contributed by atoms with Crippen LogP contribution in [-0.4, -0.2) is 41.4 Å². The first-order valence-corrected chi connectivity index (χ1v) is 7.83. The Morgan fingerprint density at radius 1 is 1.36 bits per heavy atom. The second-order valence-corrected chi connectivity index (χ2v) is 5.96. The van der Waals surface area contributed by atoms with Crippen molar-refractivity contribution >= 4 is 5.91 Å². The molecular formula is C16H20F2N2O2. The molecule has 2 fully saturated rings. The van der Waals surface area contributed by atoms with Crippen molar-refractivity contribution in [3.63, 3.8) is 0 Å². The van der Waals surface area contributed by atoms with Crippen molar-refractivity contribution in [1.29, 1.82) is 0 Å². The smallest absolute Gasteiger partial charge is 0.272 e. The van der Waals surface area contributed by atoms with Crippen molar-refractivity contribution in [3.05, 3.63) is 23.9 Å². The van der Waals surface area contributed by atoms with Crippen molar-refractivity contribution in [3.8, 4) is 5.88 Å². The van der Waals surface area contributed by atoms with Gasteiger partial charge >= 0.3 is 0 Å². The summed E-state index contributed by atoms with van der Waals surface area (Å²) in [6.45, 7) is -0.0213. The largest absolute Gasteiger partial charge is 0.471 e. The average molecular weight is 310 g/mol. The summed E-state index contributed by atoms with van der Waals surface area (Å²) in [5, 5.41) is 0. The topological polar surface area (TPSA) is 42.4 Å². The van der Waals surface area contributed by atoms with Gasteiger partial charge in [-0.25, -0.2) is 13.8 Å². The van der Waals surface area contributed by atoms with Gasteiger partial charge in [-0.3, -0.25) is 4.79 Å². The molecule has 120 valence electrons. The Morgan fingerprint density at radius 3 is 3.00 bits per heavy atom. The van der Waals surface area contributed by atoms with E-state index in [0.29, 0.717) is 5.92 Å². The number of hydrogen-bond acceptors (Lipinski definition) is 3. The molecule has 6 heteroatoms. The number of hydrogen-bond donors (Lipinski definition) is 0. The normalized spacial score (nSPS) is 24.4. The van der Waals surface area contributed by atoms with Gasteiger partial charge in [0.15, 0.2) is 6.61 Å². The van der Waals surface area contributed by atoms with Crippen LogP contribution in [0.3, 0.4) is 0 Å². The molecule has 1 saturated carbocycles. The van der Waals surface area contributed by atoms with Crippen LogP contribution in [0.25, 0.3) is 0 Å². The molecule has 3 rings (SSSR count). The van der Waals surface area contributed by atoms with E-state index in [1.54, 1.807) is 12.1 Å². The molecule has 1 aliphatic heterocycles. The predicted octanol–water partition coefficient (Wildman–Crippen LogP) is 3.13. The summed E-state index contributed by atoms with van der Waals surface area (Å²) in [7, 11) is 0. The van der Waals surface area contributed by atoms with Crippen molar-refractivity contribution in [1.82, 2.24) is 9.88 Å². The molecule has 1 aromatic heterocycles. The fourth-order valence-corrected chi connectivity index (χ4v) is 3.67. The summed E-state index contributed by atoms with van der Waals surface area (Å²) >= 11 is 0. The van der Waals surface area contributed by atoms with Crippen LogP contribution in [0.4, 0.5) is 8.78 Å². The van der Waals surface area contributed by atoms with E-state index in [1.807, 2.05) is 4.90 Å². The van der Waals surface area contributed by atoms with Crippen molar-refractivity contribution in [2.45, 2.75) is 44.6 Å². The minimum Gasteiger partial charge on any atom is -0.471 e. The number of likely N-dealkylation sites (tertiary alicyclic amines) is 1. The second kappa shape index (κ2) is 6.58. The highest BCUT2D eigenvalue weighted by Gasteiger charge is 2.38. The number of aromatic nitrogens is 1. The van der Waals surface area contributed by atoms with E-state index in [0.717, 1.165) is 25.8 Å². The Morgan fingerprint density at radius 2 is 2.18 bits per heavy atom. The molecule has 1 amide bonds. The van der Waals surface area contributed by atoms with Crippen molar-refractivity contribution in [2.24, 2.45) is 5.92 Å². The minimum absolute atomic E-state index is 0.00733. The number of carbonyl (C=O) groups excluding carboxylic acids is 1. The Kier molecular flexibility index (Phi) is 4.55. The number of halogens is 2. The van der Waals surface area contributed by atoms with Gasteiger partial charge in [-0.2, -0.15) is 0 Å². The van der Waals surface area contributed by atoms with Gasteiger partial charge in [0, 0.05) is 18.8 Å². The minimum atomic E-state index is -2.58. The first-order chi connectivity index (χ1) is 10.7. The van der Waals surface area contributed by atoms with Crippen LogP contribution < -0.4 is 4.74 Å². The number of ether oxygens (including phenoxy) is 1. The molecule has 0 aromatic carbocycles. The summed E-state index contributed by atoms with van der Waals surface area (Å²) < 4.78 is 29.7. The molecule has 0 bridgehead atoms. The summed E-state index contributed by atoms with van der Waals surface area (Å²) in [5.74, 6) is 0.446. The molecule has 2 atom stereocenters. The molecule has 0 unspecified atom stereocenters. The fourth-order valence-electron chi connectivity index (χ4n) is 3.67. The average Bonchev–Trinajstić information content (AvgIpc) is 3.01. The second-order valence-electron chi connectivity index (χ2n) is 5.96. The van der Waals surface area contributed by atoms with Crippen LogP contribution in [-0.2, 0) is 0 Å². The number of amides is 1. The third kappa shape index (κ3) is 3.05. The first-order valence-electron chi connectivity index (χ1n) is 7.83. The first kappa shape index (κ1) is 15.2. The quantitative estimate of drug-likeness (QED) is 0.858. The highest BCUT2D eigenvalue weighted by atomic mass is 19.3. The monoisotopic (exact) mass is 310 g/mol. The van der Waals surface area contributed by atoms with Gasteiger partial charge in [0.05, 0.1) is 0 Å². The molecule has 0 radical (unpaired) electrons. The number of nitrogens with zero attached hydrogens (tertiary/aromatic N) is 2. The molecule has 22 heavy (non-hydrogen) atoms. The molecule has 0 spiro atoms. The number of pyridine rings is 1. The SMILES string of the molecule is O=C(c1cccnc1OCC(F)F)N1CCC[C@H]2CCC[C@H]21. The highest BCUT2D eigenvalue weighted by Crippen LogP contribution is 2.37. The Labute approximate surface area is 128 Å². The summed E-state index contributed by atoms with van der Waals surface area (Å²) in [5.41, 5.74) is 0.288. The lowest BCUT2D eigenvalue weighted by Crippen LogP contribution is -2.46. The molecule has 2 heterocycles. The van der Waals surface area contributed by atoms with Crippen LogP contribution in [0, 0.1) is 5.92 Å². The molecule has 2 aliphatic rings. The number of piperidine rings is 1. The summed E-state index contributed by atoms with van der Waals surface area (Å²) in [6.07, 6.45) is 4.41. The summed E-state index contributed by atoms with van der Waals surface area (Å²) in [6, 6.07) is 3.53. The van der Waals surface area contributed by atoms with E-state index in [1.165, 1.54) is 19.0 Å². The van der Waals surface area contributed by atoms with Gasteiger partial charge in [-0.05, 0) is 43.7 Å². The fraction of sp³-hybridized carbons (Fsp3) is 0.625. The van der Waals surface area contributed by atoms with Gasteiger partial charge in [0.2, 0.25) is 5.88 Å². The molecule has 1 aromatic rings. The molecule has 4 nitrogen and oxygen atoms in total. The molecule has 1 saturated heterocycles. The molecule has 0 N–H and O–H groups in total. The zero-order chi connectivity index (χ0) is 15.5. The maximum atomic E-state index is 12.8. The van der Waals surface area contributed by atoms with E-state index in [-0.39, 0.29) is 23.4 Å². The van der Waals surface area contributed by atoms with Gasteiger partial charge in [0.1, 0.15) is 5.56 Å². The van der Waals surface area contributed by atoms with Crippen LogP contribution in [0.2, 0.25) is 0 Å². The lowest BCUT2D eigenvalue weighted by molar-refractivity contribution is 0.0528. The maximum Gasteiger partial charge on any atom is 0.272 e. The standard InChI is InChI=1S/C16H20F2N2O2/c17-14(18)10-22-15-12(6-2-8-19-15)16(21)20-9-3-5-11-4-1-7-13(11)20/h2,6,8,11,13-14H,1,3-5,7,9-10H2/t11-,13-/m1/s1. The van der Waals surface area contributed by atoms with Gasteiger partial charge in [0.25, 0.3) is 12.3 Å². The van der Waals surface area contributed by atoms with E-state index < -0.39 is 13.0 Å².